The van der Waals surface area contributed by atoms with Crippen molar-refractivity contribution in [2.45, 2.75) is 32.1 Å². The van der Waals surface area contributed by atoms with Crippen LogP contribution < -0.4 is 10.1 Å². The van der Waals surface area contributed by atoms with Crippen molar-refractivity contribution in [3.63, 3.8) is 0 Å². The molecule has 4 nitrogen and oxygen atoms in total. The van der Waals surface area contributed by atoms with Gasteiger partial charge >= 0.3 is 5.97 Å². The van der Waals surface area contributed by atoms with Gasteiger partial charge in [0, 0.05) is 6.54 Å². The summed E-state index contributed by atoms with van der Waals surface area (Å²) in [4.78, 5) is 10.7. The molecule has 0 fully saturated rings. The van der Waals surface area contributed by atoms with Crippen LogP contribution >= 0.6 is 0 Å². The van der Waals surface area contributed by atoms with Crippen molar-refractivity contribution in [2.75, 3.05) is 19.7 Å². The second-order valence-electron chi connectivity index (χ2n) is 5.29. The first kappa shape index (κ1) is 15.6. The molecule has 1 aromatic carbocycles. The Hall–Kier alpha value is -1.81. The van der Waals surface area contributed by atoms with Gasteiger partial charge in [-0.1, -0.05) is 11.6 Å². The second kappa shape index (κ2) is 8.47. The maximum absolute atomic E-state index is 10.7. The van der Waals surface area contributed by atoms with Crippen LogP contribution in [0.5, 0.6) is 5.75 Å². The van der Waals surface area contributed by atoms with Crippen LogP contribution in [0.2, 0.25) is 0 Å². The molecule has 114 valence electrons. The van der Waals surface area contributed by atoms with Crippen LogP contribution in [0, 0.1) is 0 Å². The molecule has 0 unspecified atom stereocenters. The molecule has 0 amide bonds. The van der Waals surface area contributed by atoms with Crippen LogP contribution in [-0.4, -0.2) is 30.8 Å². The minimum absolute atomic E-state index is 0.279. The van der Waals surface area contributed by atoms with Gasteiger partial charge in [0.25, 0.3) is 0 Å². The number of benzene rings is 1. The SMILES string of the molecule is O=C(O)c1ccc(OCCNCCC2=CCCCC2)cc1. The van der Waals surface area contributed by atoms with Gasteiger partial charge in [0.05, 0.1) is 5.56 Å². The predicted octanol–water partition coefficient (Wildman–Crippen LogP) is 3.24. The molecule has 0 heterocycles. The summed E-state index contributed by atoms with van der Waals surface area (Å²) in [5, 5.41) is 12.2. The predicted molar refractivity (Wildman–Crippen MR) is 82.9 cm³/mol. The van der Waals surface area contributed by atoms with Crippen LogP contribution in [0.25, 0.3) is 0 Å². The van der Waals surface area contributed by atoms with E-state index in [-0.39, 0.29) is 5.56 Å². The number of hydrogen-bond acceptors (Lipinski definition) is 3. The van der Waals surface area contributed by atoms with E-state index in [4.69, 9.17) is 9.84 Å². The fourth-order valence-electron chi connectivity index (χ4n) is 2.44. The molecule has 4 heteroatoms. The average molecular weight is 289 g/mol. The van der Waals surface area contributed by atoms with Crippen molar-refractivity contribution in [2.24, 2.45) is 0 Å². The highest BCUT2D eigenvalue weighted by atomic mass is 16.5. The van der Waals surface area contributed by atoms with Crippen LogP contribution in [-0.2, 0) is 0 Å². The van der Waals surface area contributed by atoms with Gasteiger partial charge in [-0.05, 0) is 62.9 Å². The number of nitrogens with one attached hydrogen (secondary N) is 1. The third-order valence-electron chi connectivity index (χ3n) is 3.66. The van der Waals surface area contributed by atoms with E-state index in [1.807, 2.05) is 0 Å². The molecule has 0 radical (unpaired) electrons. The highest BCUT2D eigenvalue weighted by Crippen LogP contribution is 2.19. The summed E-state index contributed by atoms with van der Waals surface area (Å²) in [6.07, 6.45) is 8.69. The Bertz CT molecular complexity index is 479. The Morgan fingerprint density at radius 2 is 2.00 bits per heavy atom. The molecule has 1 aromatic rings. The molecule has 1 aliphatic carbocycles. The van der Waals surface area contributed by atoms with E-state index in [0.29, 0.717) is 12.4 Å². The standard InChI is InChI=1S/C17H23NO3/c19-17(20)15-6-8-16(9-7-15)21-13-12-18-11-10-14-4-2-1-3-5-14/h4,6-9,18H,1-3,5,10-13H2,(H,19,20). The van der Waals surface area contributed by atoms with Crippen molar-refractivity contribution in [1.82, 2.24) is 5.32 Å². The maximum Gasteiger partial charge on any atom is 0.335 e. The molecule has 2 rings (SSSR count). The van der Waals surface area contributed by atoms with Crippen LogP contribution in [0.15, 0.2) is 35.9 Å². The lowest BCUT2D eigenvalue weighted by Gasteiger charge is -2.13. The average Bonchev–Trinajstić information content (AvgIpc) is 2.52. The summed E-state index contributed by atoms with van der Waals surface area (Å²) >= 11 is 0. The lowest BCUT2D eigenvalue weighted by Crippen LogP contribution is -2.22. The lowest BCUT2D eigenvalue weighted by molar-refractivity contribution is 0.0697. The van der Waals surface area contributed by atoms with E-state index in [9.17, 15) is 4.79 Å². The first-order valence-electron chi connectivity index (χ1n) is 7.60. The highest BCUT2D eigenvalue weighted by Gasteiger charge is 2.03. The van der Waals surface area contributed by atoms with Crippen molar-refractivity contribution in [1.29, 1.82) is 0 Å². The summed E-state index contributed by atoms with van der Waals surface area (Å²) in [6.45, 7) is 2.38. The van der Waals surface area contributed by atoms with Gasteiger partial charge in [-0.3, -0.25) is 0 Å². The molecule has 0 aromatic heterocycles. The fraction of sp³-hybridized carbons (Fsp3) is 0.471. The van der Waals surface area contributed by atoms with E-state index in [2.05, 4.69) is 11.4 Å². The highest BCUT2D eigenvalue weighted by molar-refractivity contribution is 5.87. The van der Waals surface area contributed by atoms with Gasteiger partial charge in [0.15, 0.2) is 0 Å². The van der Waals surface area contributed by atoms with Crippen LogP contribution in [0.4, 0.5) is 0 Å². The topological polar surface area (TPSA) is 58.6 Å². The zero-order valence-electron chi connectivity index (χ0n) is 12.3. The van der Waals surface area contributed by atoms with E-state index in [0.717, 1.165) is 19.5 Å². The summed E-state index contributed by atoms with van der Waals surface area (Å²) in [5.41, 5.74) is 1.86. The number of carbonyl (C=O) groups is 1. The number of carboxylic acids is 1. The summed E-state index contributed by atoms with van der Waals surface area (Å²) < 4.78 is 5.56. The number of rotatable bonds is 8. The van der Waals surface area contributed by atoms with Gasteiger partial charge in [0.1, 0.15) is 12.4 Å². The number of carboxylic acid groups (broad SMARTS) is 1. The molecule has 21 heavy (non-hydrogen) atoms. The second-order valence-corrected chi connectivity index (χ2v) is 5.29. The molecule has 1 aliphatic rings. The fourth-order valence-corrected chi connectivity index (χ4v) is 2.44. The zero-order valence-corrected chi connectivity index (χ0v) is 12.3. The van der Waals surface area contributed by atoms with Crippen LogP contribution in [0.1, 0.15) is 42.5 Å². The smallest absolute Gasteiger partial charge is 0.335 e. The zero-order chi connectivity index (χ0) is 14.9. The molecule has 0 aliphatic heterocycles. The molecule has 0 bridgehead atoms. The van der Waals surface area contributed by atoms with E-state index >= 15 is 0 Å². The van der Waals surface area contributed by atoms with Crippen LogP contribution in [0.3, 0.4) is 0 Å². The van der Waals surface area contributed by atoms with Gasteiger partial charge < -0.3 is 15.2 Å². The number of hydrogen-bond donors (Lipinski definition) is 2. The molecule has 2 N–H and O–H groups in total. The molecular weight excluding hydrogens is 266 g/mol. The summed E-state index contributed by atoms with van der Waals surface area (Å²) in [6, 6.07) is 6.49. The summed E-state index contributed by atoms with van der Waals surface area (Å²) in [5.74, 6) is -0.211. The molecule has 0 saturated heterocycles. The normalized spacial score (nSPS) is 14.6. The Balaban J connectivity index is 1.57. The van der Waals surface area contributed by atoms with Crippen molar-refractivity contribution < 1.29 is 14.6 Å². The van der Waals surface area contributed by atoms with Crippen molar-refractivity contribution in [3.05, 3.63) is 41.5 Å². The first-order valence-corrected chi connectivity index (χ1v) is 7.60. The van der Waals surface area contributed by atoms with Gasteiger partial charge in [0.2, 0.25) is 0 Å². The molecule has 0 atom stereocenters. The first-order chi connectivity index (χ1) is 10.3. The number of ether oxygens (including phenoxy) is 1. The monoisotopic (exact) mass is 289 g/mol. The quantitative estimate of drug-likeness (QED) is 0.570. The Morgan fingerprint density at radius 1 is 1.19 bits per heavy atom. The third-order valence-corrected chi connectivity index (χ3v) is 3.66. The Labute approximate surface area is 125 Å². The molecular formula is C17H23NO3. The van der Waals surface area contributed by atoms with E-state index in [1.165, 1.54) is 25.7 Å². The van der Waals surface area contributed by atoms with Gasteiger partial charge in [-0.2, -0.15) is 0 Å². The van der Waals surface area contributed by atoms with E-state index < -0.39 is 5.97 Å². The van der Waals surface area contributed by atoms with E-state index in [1.54, 1.807) is 29.8 Å². The Morgan fingerprint density at radius 3 is 2.67 bits per heavy atom. The minimum atomic E-state index is -0.916. The van der Waals surface area contributed by atoms with Crippen molar-refractivity contribution in [3.8, 4) is 5.75 Å². The Kier molecular flexibility index (Phi) is 6.28. The third kappa shape index (κ3) is 5.60. The number of allylic oxidation sites excluding steroid dienone is 1. The lowest BCUT2D eigenvalue weighted by atomic mass is 9.97. The van der Waals surface area contributed by atoms with Gasteiger partial charge in [-0.25, -0.2) is 4.79 Å². The minimum Gasteiger partial charge on any atom is -0.492 e. The number of aromatic carboxylic acids is 1. The maximum atomic E-state index is 10.7. The van der Waals surface area contributed by atoms with Crippen molar-refractivity contribution >= 4 is 5.97 Å². The molecule has 0 saturated carbocycles. The molecule has 0 spiro atoms. The van der Waals surface area contributed by atoms with Gasteiger partial charge in [-0.15, -0.1) is 0 Å². The largest absolute Gasteiger partial charge is 0.492 e. The summed E-state index contributed by atoms with van der Waals surface area (Å²) in [7, 11) is 0.